The molecule has 142 valence electrons. The van der Waals surface area contributed by atoms with Gasteiger partial charge in [-0.3, -0.25) is 0 Å². The van der Waals surface area contributed by atoms with Crippen LogP contribution in [-0.2, 0) is 13.2 Å². The summed E-state index contributed by atoms with van der Waals surface area (Å²) in [5.41, 5.74) is 1.44. The summed E-state index contributed by atoms with van der Waals surface area (Å²) in [4.78, 5) is 12.7. The monoisotopic (exact) mass is 377 g/mol. The van der Waals surface area contributed by atoms with Crippen LogP contribution < -0.4 is 9.47 Å². The van der Waals surface area contributed by atoms with Crippen molar-refractivity contribution in [2.24, 2.45) is 0 Å². The average Bonchev–Trinajstić information content (AvgIpc) is 3.10. The molecular formula is C17H17F2N5O3. The Hall–Kier alpha value is -3.14. The van der Waals surface area contributed by atoms with Crippen molar-refractivity contribution in [2.45, 2.75) is 26.7 Å². The minimum atomic E-state index is -2.92. The zero-order chi connectivity index (χ0) is 19.2. The van der Waals surface area contributed by atoms with Gasteiger partial charge in [-0.05, 0) is 19.1 Å². The maximum Gasteiger partial charge on any atom is 0.387 e. The number of ether oxygens (including phenoxy) is 2. The number of hydrogen-bond acceptors (Lipinski definition) is 7. The number of aliphatic hydroxyl groups is 1. The van der Waals surface area contributed by atoms with Gasteiger partial charge in [-0.2, -0.15) is 13.9 Å². The molecule has 0 aliphatic heterocycles. The lowest BCUT2D eigenvalue weighted by Gasteiger charge is -2.12. The van der Waals surface area contributed by atoms with E-state index in [1.54, 1.807) is 19.1 Å². The smallest absolute Gasteiger partial charge is 0.387 e. The van der Waals surface area contributed by atoms with Crippen molar-refractivity contribution >= 4 is 0 Å². The molecule has 0 radical (unpaired) electrons. The third-order valence-electron chi connectivity index (χ3n) is 3.55. The highest BCUT2D eigenvalue weighted by Crippen LogP contribution is 2.29. The van der Waals surface area contributed by atoms with Gasteiger partial charge in [0.2, 0.25) is 5.88 Å². The second-order valence-corrected chi connectivity index (χ2v) is 5.35. The Balaban J connectivity index is 1.97. The number of nitrogens with zero attached hydrogens (tertiary/aromatic N) is 5. The molecule has 0 saturated heterocycles. The van der Waals surface area contributed by atoms with Gasteiger partial charge in [0, 0.05) is 5.56 Å². The Kier molecular flexibility index (Phi) is 5.87. The quantitative estimate of drug-likeness (QED) is 0.643. The van der Waals surface area contributed by atoms with E-state index in [2.05, 4.69) is 24.8 Å². The van der Waals surface area contributed by atoms with E-state index in [0.717, 1.165) is 0 Å². The predicted octanol–water partition coefficient (Wildman–Crippen LogP) is 2.28. The van der Waals surface area contributed by atoms with Crippen molar-refractivity contribution in [2.75, 3.05) is 6.61 Å². The highest BCUT2D eigenvalue weighted by molar-refractivity contribution is 5.66. The first-order valence-electron chi connectivity index (χ1n) is 8.12. The van der Waals surface area contributed by atoms with Crippen LogP contribution in [0.15, 0.2) is 36.8 Å². The maximum atomic E-state index is 12.5. The number of hydrogen-bond donors (Lipinski definition) is 1. The van der Waals surface area contributed by atoms with Crippen molar-refractivity contribution in [3.8, 4) is 22.9 Å². The Morgan fingerprint density at radius 1 is 1.26 bits per heavy atom. The molecule has 0 unspecified atom stereocenters. The van der Waals surface area contributed by atoms with Crippen LogP contribution in [0, 0.1) is 0 Å². The average molecular weight is 377 g/mol. The van der Waals surface area contributed by atoms with Crippen LogP contribution in [0.1, 0.15) is 18.4 Å². The van der Waals surface area contributed by atoms with Crippen molar-refractivity contribution in [3.05, 3.63) is 48.3 Å². The second kappa shape index (κ2) is 8.49. The number of halogens is 2. The number of benzene rings is 1. The lowest BCUT2D eigenvalue weighted by Crippen LogP contribution is -2.10. The third kappa shape index (κ3) is 4.53. The Bertz CT molecular complexity index is 904. The normalized spacial score (nSPS) is 11.0. The van der Waals surface area contributed by atoms with Gasteiger partial charge in [0.1, 0.15) is 24.4 Å². The minimum absolute atomic E-state index is 0.0102. The topological polar surface area (TPSA) is 95.2 Å². The molecule has 2 aromatic heterocycles. The summed E-state index contributed by atoms with van der Waals surface area (Å²) in [6.45, 7) is -0.780. The molecule has 27 heavy (non-hydrogen) atoms. The van der Waals surface area contributed by atoms with Crippen LogP contribution >= 0.6 is 0 Å². The Labute approximate surface area is 153 Å². The molecule has 0 aliphatic carbocycles. The molecule has 0 atom stereocenters. The first-order chi connectivity index (χ1) is 13.1. The largest absolute Gasteiger partial charge is 0.476 e. The molecule has 1 N–H and O–H groups in total. The zero-order valence-electron chi connectivity index (χ0n) is 14.4. The van der Waals surface area contributed by atoms with Crippen molar-refractivity contribution in [3.63, 3.8) is 0 Å². The van der Waals surface area contributed by atoms with Gasteiger partial charge in [-0.1, -0.05) is 12.1 Å². The molecule has 1 aromatic carbocycles. The Morgan fingerprint density at radius 3 is 2.85 bits per heavy atom. The van der Waals surface area contributed by atoms with Gasteiger partial charge in [-0.25, -0.2) is 19.6 Å². The van der Waals surface area contributed by atoms with Crippen LogP contribution in [0.2, 0.25) is 0 Å². The SMILES string of the molecule is CCOc1ncc(Cn2ncnc2CO)nc1-c1cccc(OC(F)F)c1. The van der Waals surface area contributed by atoms with E-state index >= 15 is 0 Å². The lowest BCUT2D eigenvalue weighted by molar-refractivity contribution is -0.0498. The van der Waals surface area contributed by atoms with E-state index in [9.17, 15) is 13.9 Å². The van der Waals surface area contributed by atoms with E-state index in [1.807, 2.05) is 0 Å². The fraction of sp³-hybridized carbons (Fsp3) is 0.294. The van der Waals surface area contributed by atoms with E-state index < -0.39 is 6.61 Å². The molecular weight excluding hydrogens is 360 g/mol. The highest BCUT2D eigenvalue weighted by atomic mass is 19.3. The molecule has 0 amide bonds. The van der Waals surface area contributed by atoms with Gasteiger partial charge in [0.15, 0.2) is 5.82 Å². The van der Waals surface area contributed by atoms with E-state index in [1.165, 1.54) is 29.3 Å². The molecule has 0 aliphatic rings. The molecule has 10 heteroatoms. The molecule has 0 spiro atoms. The standard InChI is InChI=1S/C17H17F2N5O3/c1-2-26-16-15(11-4-3-5-13(6-11)27-17(18)19)23-12(7-20-16)8-24-14(9-25)21-10-22-24/h3-7,10,17,25H,2,8-9H2,1H3. The van der Waals surface area contributed by atoms with E-state index in [0.29, 0.717) is 29.4 Å². The molecule has 0 bridgehead atoms. The number of alkyl halides is 2. The van der Waals surface area contributed by atoms with Crippen LogP contribution in [-0.4, -0.2) is 43.1 Å². The molecule has 3 aromatic rings. The van der Waals surface area contributed by atoms with Crippen LogP contribution in [0.5, 0.6) is 11.6 Å². The van der Waals surface area contributed by atoms with Crippen LogP contribution in [0.4, 0.5) is 8.78 Å². The van der Waals surface area contributed by atoms with Gasteiger partial charge in [-0.15, -0.1) is 0 Å². The zero-order valence-corrected chi connectivity index (χ0v) is 14.4. The number of aromatic nitrogens is 5. The minimum Gasteiger partial charge on any atom is -0.476 e. The summed E-state index contributed by atoms with van der Waals surface area (Å²) in [5.74, 6) is 0.673. The molecule has 0 fully saturated rings. The summed E-state index contributed by atoms with van der Waals surface area (Å²) >= 11 is 0. The summed E-state index contributed by atoms with van der Waals surface area (Å²) < 4.78 is 36.4. The van der Waals surface area contributed by atoms with Crippen molar-refractivity contribution < 1.29 is 23.4 Å². The number of rotatable bonds is 8. The van der Waals surface area contributed by atoms with Crippen molar-refractivity contribution in [1.82, 2.24) is 24.7 Å². The summed E-state index contributed by atoms with van der Waals surface area (Å²) in [6.07, 6.45) is 2.86. The van der Waals surface area contributed by atoms with Gasteiger partial charge >= 0.3 is 6.61 Å². The molecule has 8 nitrogen and oxygen atoms in total. The van der Waals surface area contributed by atoms with Crippen LogP contribution in [0.25, 0.3) is 11.3 Å². The van der Waals surface area contributed by atoms with E-state index in [-0.39, 0.29) is 24.8 Å². The van der Waals surface area contributed by atoms with Crippen molar-refractivity contribution in [1.29, 1.82) is 0 Å². The third-order valence-corrected chi connectivity index (χ3v) is 3.55. The fourth-order valence-corrected chi connectivity index (χ4v) is 2.44. The van der Waals surface area contributed by atoms with Crippen LogP contribution in [0.3, 0.4) is 0 Å². The first kappa shape index (κ1) is 18.6. The van der Waals surface area contributed by atoms with Gasteiger partial charge in [0.05, 0.1) is 25.0 Å². The molecule has 3 rings (SSSR count). The maximum absolute atomic E-state index is 12.5. The summed E-state index contributed by atoms with van der Waals surface area (Å²) in [6, 6.07) is 6.15. The molecule has 2 heterocycles. The van der Waals surface area contributed by atoms with Gasteiger partial charge in [0.25, 0.3) is 0 Å². The lowest BCUT2D eigenvalue weighted by atomic mass is 10.1. The van der Waals surface area contributed by atoms with E-state index in [4.69, 9.17) is 4.74 Å². The summed E-state index contributed by atoms with van der Waals surface area (Å²) in [5, 5.41) is 13.3. The fourth-order valence-electron chi connectivity index (χ4n) is 2.44. The first-order valence-corrected chi connectivity index (χ1v) is 8.12. The van der Waals surface area contributed by atoms with Gasteiger partial charge < -0.3 is 14.6 Å². The molecule has 0 saturated carbocycles. The summed E-state index contributed by atoms with van der Waals surface area (Å²) in [7, 11) is 0. The highest BCUT2D eigenvalue weighted by Gasteiger charge is 2.14. The Morgan fingerprint density at radius 2 is 2.11 bits per heavy atom. The number of aliphatic hydroxyl groups excluding tert-OH is 1. The second-order valence-electron chi connectivity index (χ2n) is 5.35. The predicted molar refractivity (Wildman–Crippen MR) is 90.3 cm³/mol.